The second-order valence-corrected chi connectivity index (χ2v) is 7.13. The topological polar surface area (TPSA) is 41.5 Å². The molecule has 4 rings (SSSR count). The number of halogens is 1. The van der Waals surface area contributed by atoms with E-state index < -0.39 is 0 Å². The number of aliphatic hydroxyl groups excluding tert-OH is 1. The SMILES string of the molecule is OCc1cc(CN[C@@H]2[C@@H]3CCO[C@H]3C23CCCC3)ccc1F. The van der Waals surface area contributed by atoms with Gasteiger partial charge >= 0.3 is 0 Å². The fourth-order valence-corrected chi connectivity index (χ4v) is 5.10. The van der Waals surface area contributed by atoms with Gasteiger partial charge < -0.3 is 15.2 Å². The molecular weight excluding hydrogens is 281 g/mol. The molecule has 22 heavy (non-hydrogen) atoms. The molecular formula is C18H24FNO2. The molecule has 1 aromatic rings. The smallest absolute Gasteiger partial charge is 0.128 e. The molecule has 0 radical (unpaired) electrons. The van der Waals surface area contributed by atoms with Crippen LogP contribution in [0.1, 0.15) is 43.2 Å². The summed E-state index contributed by atoms with van der Waals surface area (Å²) < 4.78 is 19.5. The highest BCUT2D eigenvalue weighted by Gasteiger charge is 2.64. The maximum atomic E-state index is 13.5. The molecule has 1 heterocycles. The molecule has 3 atom stereocenters. The zero-order valence-corrected chi connectivity index (χ0v) is 12.9. The van der Waals surface area contributed by atoms with Crippen molar-refractivity contribution in [2.45, 2.75) is 57.4 Å². The lowest BCUT2D eigenvalue weighted by Crippen LogP contribution is -2.67. The van der Waals surface area contributed by atoms with Crippen LogP contribution in [0.3, 0.4) is 0 Å². The van der Waals surface area contributed by atoms with Gasteiger partial charge in [-0.1, -0.05) is 18.9 Å². The zero-order valence-electron chi connectivity index (χ0n) is 12.9. The predicted molar refractivity (Wildman–Crippen MR) is 81.7 cm³/mol. The van der Waals surface area contributed by atoms with Crippen LogP contribution in [0, 0.1) is 17.2 Å². The lowest BCUT2D eigenvalue weighted by atomic mass is 9.54. The monoisotopic (exact) mass is 305 g/mol. The molecule has 0 amide bonds. The number of nitrogens with one attached hydrogen (secondary N) is 1. The third-order valence-corrected chi connectivity index (χ3v) is 6.09. The van der Waals surface area contributed by atoms with Crippen LogP contribution in [-0.4, -0.2) is 23.9 Å². The molecule has 0 unspecified atom stereocenters. The Labute approximate surface area is 130 Å². The highest BCUT2D eigenvalue weighted by molar-refractivity contribution is 5.25. The molecule has 3 fully saturated rings. The molecule has 1 saturated heterocycles. The van der Waals surface area contributed by atoms with E-state index in [1.807, 2.05) is 6.07 Å². The van der Waals surface area contributed by atoms with Crippen molar-refractivity contribution in [1.82, 2.24) is 5.32 Å². The van der Waals surface area contributed by atoms with E-state index in [2.05, 4.69) is 5.32 Å². The summed E-state index contributed by atoms with van der Waals surface area (Å²) in [5.41, 5.74) is 1.77. The maximum Gasteiger partial charge on any atom is 0.128 e. The summed E-state index contributed by atoms with van der Waals surface area (Å²) >= 11 is 0. The van der Waals surface area contributed by atoms with Gasteiger partial charge in [-0.05, 0) is 37.0 Å². The first-order valence-corrected chi connectivity index (χ1v) is 8.48. The maximum absolute atomic E-state index is 13.5. The van der Waals surface area contributed by atoms with Gasteiger partial charge in [0, 0.05) is 36.1 Å². The van der Waals surface area contributed by atoms with E-state index in [0.717, 1.165) is 25.1 Å². The largest absolute Gasteiger partial charge is 0.392 e. The second-order valence-electron chi connectivity index (χ2n) is 7.13. The fraction of sp³-hybridized carbons (Fsp3) is 0.667. The Hall–Kier alpha value is -0.970. The third kappa shape index (κ3) is 2.12. The van der Waals surface area contributed by atoms with Crippen LogP contribution in [0.25, 0.3) is 0 Å². The summed E-state index contributed by atoms with van der Waals surface area (Å²) in [5, 5.41) is 12.9. The Balaban J connectivity index is 1.47. The Morgan fingerprint density at radius 1 is 1.32 bits per heavy atom. The first-order valence-electron chi connectivity index (χ1n) is 8.48. The van der Waals surface area contributed by atoms with Gasteiger partial charge in [0.1, 0.15) is 5.82 Å². The first-order chi connectivity index (χ1) is 10.7. The van der Waals surface area contributed by atoms with Gasteiger partial charge in [0.2, 0.25) is 0 Å². The average Bonchev–Trinajstić information content (AvgIpc) is 3.17. The Morgan fingerprint density at radius 3 is 2.91 bits per heavy atom. The van der Waals surface area contributed by atoms with E-state index in [0.29, 0.717) is 29.0 Å². The lowest BCUT2D eigenvalue weighted by Gasteiger charge is -2.57. The number of ether oxygens (including phenoxy) is 1. The van der Waals surface area contributed by atoms with Crippen LogP contribution in [0.5, 0.6) is 0 Å². The molecule has 120 valence electrons. The van der Waals surface area contributed by atoms with Crippen LogP contribution in [-0.2, 0) is 17.9 Å². The zero-order chi connectivity index (χ0) is 15.2. The molecule has 0 aromatic heterocycles. The van der Waals surface area contributed by atoms with Gasteiger partial charge in [-0.25, -0.2) is 4.39 Å². The fourth-order valence-electron chi connectivity index (χ4n) is 5.10. The van der Waals surface area contributed by atoms with Crippen molar-refractivity contribution in [2.24, 2.45) is 11.3 Å². The summed E-state index contributed by atoms with van der Waals surface area (Å²) in [6, 6.07) is 5.57. The Bertz CT molecular complexity index is 556. The highest BCUT2D eigenvalue weighted by Crippen LogP contribution is 2.60. The van der Waals surface area contributed by atoms with Gasteiger partial charge in [-0.2, -0.15) is 0 Å². The van der Waals surface area contributed by atoms with Gasteiger partial charge in [0.05, 0.1) is 12.7 Å². The van der Waals surface area contributed by atoms with Crippen molar-refractivity contribution in [3.8, 4) is 0 Å². The average molecular weight is 305 g/mol. The molecule has 1 aromatic carbocycles. The van der Waals surface area contributed by atoms with Crippen molar-refractivity contribution in [2.75, 3.05) is 6.61 Å². The standard InChI is InChI=1S/C18H24FNO2/c19-15-4-3-12(9-13(15)11-21)10-20-16-14-5-8-22-17(14)18(16)6-1-2-7-18/h3-4,9,14,16-17,20-21H,1-2,5-8,10-11H2/t14-,16+,17+/m0/s1. The highest BCUT2D eigenvalue weighted by atomic mass is 19.1. The minimum atomic E-state index is -0.327. The number of fused-ring (bicyclic) bond motifs is 2. The van der Waals surface area contributed by atoms with Crippen molar-refractivity contribution in [3.05, 3.63) is 35.1 Å². The van der Waals surface area contributed by atoms with E-state index in [1.54, 1.807) is 6.07 Å². The van der Waals surface area contributed by atoms with Gasteiger partial charge in [-0.3, -0.25) is 0 Å². The van der Waals surface area contributed by atoms with Crippen LogP contribution >= 0.6 is 0 Å². The molecule has 4 heteroatoms. The van der Waals surface area contributed by atoms with E-state index in [9.17, 15) is 9.50 Å². The molecule has 2 N–H and O–H groups in total. The number of aliphatic hydroxyl groups is 1. The Kier molecular flexibility index (Phi) is 3.71. The van der Waals surface area contributed by atoms with Crippen molar-refractivity contribution in [1.29, 1.82) is 0 Å². The van der Waals surface area contributed by atoms with Crippen LogP contribution in [0.15, 0.2) is 18.2 Å². The van der Waals surface area contributed by atoms with Gasteiger partial charge in [0.25, 0.3) is 0 Å². The molecule has 2 saturated carbocycles. The number of rotatable bonds is 4. The molecule has 1 aliphatic heterocycles. The summed E-state index contributed by atoms with van der Waals surface area (Å²) in [6.07, 6.45) is 6.81. The van der Waals surface area contributed by atoms with E-state index in [1.165, 1.54) is 31.7 Å². The summed E-state index contributed by atoms with van der Waals surface area (Å²) in [6.45, 7) is 1.40. The summed E-state index contributed by atoms with van der Waals surface area (Å²) in [7, 11) is 0. The number of hydrogen-bond acceptors (Lipinski definition) is 3. The molecule has 1 spiro atoms. The van der Waals surface area contributed by atoms with E-state index in [4.69, 9.17) is 4.74 Å². The van der Waals surface area contributed by atoms with Gasteiger partial charge in [0.15, 0.2) is 0 Å². The van der Waals surface area contributed by atoms with Crippen LogP contribution in [0.2, 0.25) is 0 Å². The van der Waals surface area contributed by atoms with Crippen molar-refractivity contribution in [3.63, 3.8) is 0 Å². The predicted octanol–water partition coefficient (Wildman–Crippen LogP) is 2.76. The third-order valence-electron chi connectivity index (χ3n) is 6.09. The molecule has 3 nitrogen and oxygen atoms in total. The lowest BCUT2D eigenvalue weighted by molar-refractivity contribution is -0.130. The summed E-state index contributed by atoms with van der Waals surface area (Å²) in [5.74, 6) is 0.322. The van der Waals surface area contributed by atoms with Crippen molar-refractivity contribution < 1.29 is 14.2 Å². The molecule has 2 aliphatic carbocycles. The minimum Gasteiger partial charge on any atom is -0.392 e. The molecule has 0 bridgehead atoms. The van der Waals surface area contributed by atoms with Crippen LogP contribution in [0.4, 0.5) is 4.39 Å². The quantitative estimate of drug-likeness (QED) is 0.899. The Morgan fingerprint density at radius 2 is 2.14 bits per heavy atom. The minimum absolute atomic E-state index is 0.244. The summed E-state index contributed by atoms with van der Waals surface area (Å²) in [4.78, 5) is 0. The van der Waals surface area contributed by atoms with E-state index >= 15 is 0 Å². The van der Waals surface area contributed by atoms with E-state index in [-0.39, 0.29) is 12.4 Å². The number of hydrogen-bond donors (Lipinski definition) is 2. The van der Waals surface area contributed by atoms with Crippen LogP contribution < -0.4 is 5.32 Å². The van der Waals surface area contributed by atoms with Gasteiger partial charge in [-0.15, -0.1) is 0 Å². The first kappa shape index (κ1) is 14.6. The normalized spacial score (nSPS) is 32.2. The second kappa shape index (κ2) is 5.59. The molecule has 3 aliphatic rings. The number of benzene rings is 1. The van der Waals surface area contributed by atoms with Crippen molar-refractivity contribution >= 4 is 0 Å².